The lowest BCUT2D eigenvalue weighted by atomic mass is 10.3. The summed E-state index contributed by atoms with van der Waals surface area (Å²) in [5.41, 5.74) is 1.06. The van der Waals surface area contributed by atoms with Gasteiger partial charge in [0.15, 0.2) is 0 Å². The first kappa shape index (κ1) is 11.9. The quantitative estimate of drug-likeness (QED) is 0.593. The molecule has 0 atom stereocenters. The molecule has 0 radical (unpaired) electrons. The van der Waals surface area contributed by atoms with E-state index in [1.54, 1.807) is 24.5 Å². The van der Waals surface area contributed by atoms with E-state index in [-0.39, 0.29) is 5.91 Å². The minimum absolute atomic E-state index is 0.0581. The average Bonchev–Trinajstić information content (AvgIpc) is 2.74. The van der Waals surface area contributed by atoms with E-state index in [4.69, 9.17) is 4.74 Å². The molecule has 82 valence electrons. The van der Waals surface area contributed by atoms with Crippen LogP contribution in [0, 0.1) is 0 Å². The third-order valence-corrected chi connectivity index (χ3v) is 2.50. The summed E-state index contributed by atoms with van der Waals surface area (Å²) in [6.45, 7) is 1.33. The molecule has 1 heterocycles. The van der Waals surface area contributed by atoms with Crippen molar-refractivity contribution >= 4 is 23.3 Å². The normalized spacial score (nSPS) is 10.7. The first-order valence-electron chi connectivity index (χ1n) is 4.80. The Labute approximate surface area is 93.8 Å². The molecule has 0 aliphatic carbocycles. The first-order valence-corrected chi connectivity index (χ1v) is 5.74. The Morgan fingerprint density at radius 3 is 3.20 bits per heavy atom. The van der Waals surface area contributed by atoms with Gasteiger partial charge in [0.05, 0.1) is 0 Å². The van der Waals surface area contributed by atoms with Crippen LogP contribution >= 0.6 is 11.3 Å². The fraction of sp³-hybridized carbons (Fsp3) is 0.364. The zero-order valence-corrected chi connectivity index (χ0v) is 9.55. The number of rotatable bonds is 6. The van der Waals surface area contributed by atoms with Gasteiger partial charge in [-0.25, -0.2) is 0 Å². The summed E-state index contributed by atoms with van der Waals surface area (Å²) < 4.78 is 4.87. The van der Waals surface area contributed by atoms with Crippen LogP contribution in [0.4, 0.5) is 0 Å². The molecular formula is C11H15NO2S. The van der Waals surface area contributed by atoms with Gasteiger partial charge in [-0.2, -0.15) is 11.3 Å². The highest BCUT2D eigenvalue weighted by molar-refractivity contribution is 7.08. The smallest absolute Gasteiger partial charge is 0.244 e. The lowest BCUT2D eigenvalue weighted by Gasteiger charge is -2.00. The molecule has 15 heavy (non-hydrogen) atoms. The van der Waals surface area contributed by atoms with Gasteiger partial charge < -0.3 is 10.1 Å². The maximum atomic E-state index is 11.3. The molecule has 0 aliphatic rings. The van der Waals surface area contributed by atoms with Crippen molar-refractivity contribution in [2.24, 2.45) is 0 Å². The molecule has 0 saturated heterocycles. The predicted octanol–water partition coefficient (Wildman–Crippen LogP) is 1.91. The summed E-state index contributed by atoms with van der Waals surface area (Å²) in [4.78, 5) is 11.3. The molecule has 1 aromatic rings. The summed E-state index contributed by atoms with van der Waals surface area (Å²) in [6.07, 6.45) is 4.20. The molecule has 0 unspecified atom stereocenters. The summed E-state index contributed by atoms with van der Waals surface area (Å²) >= 11 is 1.62. The Balaban J connectivity index is 2.18. The van der Waals surface area contributed by atoms with Crippen molar-refractivity contribution in [3.63, 3.8) is 0 Å². The average molecular weight is 225 g/mol. The molecule has 0 fully saturated rings. The summed E-state index contributed by atoms with van der Waals surface area (Å²) in [7, 11) is 1.65. The second kappa shape index (κ2) is 7.20. The first-order chi connectivity index (χ1) is 7.33. The Morgan fingerprint density at radius 2 is 2.53 bits per heavy atom. The van der Waals surface area contributed by atoms with Gasteiger partial charge in [-0.15, -0.1) is 0 Å². The number of carbonyl (C=O) groups excluding carboxylic acids is 1. The van der Waals surface area contributed by atoms with Gasteiger partial charge in [-0.1, -0.05) is 0 Å². The standard InChI is InChI=1S/C11H15NO2S/c1-14-7-2-6-12-11(13)4-3-10-5-8-15-9-10/h3-5,8-9H,2,6-7H2,1H3,(H,12,13)/b4-3+. The highest BCUT2D eigenvalue weighted by Crippen LogP contribution is 2.07. The number of methoxy groups -OCH3 is 1. The van der Waals surface area contributed by atoms with Crippen LogP contribution in [-0.4, -0.2) is 26.2 Å². The zero-order valence-electron chi connectivity index (χ0n) is 8.73. The fourth-order valence-corrected chi connectivity index (χ4v) is 1.66. The molecule has 0 saturated carbocycles. The van der Waals surface area contributed by atoms with Crippen LogP contribution in [0.2, 0.25) is 0 Å². The van der Waals surface area contributed by atoms with Crippen LogP contribution < -0.4 is 5.32 Å². The number of amides is 1. The third kappa shape index (κ3) is 5.34. The van der Waals surface area contributed by atoms with Gasteiger partial charge in [-0.05, 0) is 34.9 Å². The van der Waals surface area contributed by atoms with E-state index in [1.165, 1.54) is 0 Å². The Hall–Kier alpha value is -1.13. The highest BCUT2D eigenvalue weighted by Gasteiger charge is 1.94. The van der Waals surface area contributed by atoms with E-state index in [1.807, 2.05) is 22.9 Å². The maximum Gasteiger partial charge on any atom is 0.244 e. The van der Waals surface area contributed by atoms with Gasteiger partial charge in [0.1, 0.15) is 0 Å². The van der Waals surface area contributed by atoms with Gasteiger partial charge in [-0.3, -0.25) is 4.79 Å². The molecule has 1 amide bonds. The second-order valence-electron chi connectivity index (χ2n) is 3.03. The Kier molecular flexibility index (Phi) is 5.73. The van der Waals surface area contributed by atoms with Crippen molar-refractivity contribution in [2.75, 3.05) is 20.3 Å². The number of carbonyl (C=O) groups is 1. The lowest BCUT2D eigenvalue weighted by Crippen LogP contribution is -2.22. The van der Waals surface area contributed by atoms with Crippen molar-refractivity contribution in [1.29, 1.82) is 0 Å². The van der Waals surface area contributed by atoms with Gasteiger partial charge in [0, 0.05) is 26.3 Å². The fourth-order valence-electron chi connectivity index (χ4n) is 1.03. The van der Waals surface area contributed by atoms with Crippen LogP contribution in [0.25, 0.3) is 6.08 Å². The Morgan fingerprint density at radius 1 is 1.67 bits per heavy atom. The van der Waals surface area contributed by atoms with E-state index in [0.29, 0.717) is 13.2 Å². The number of thiophene rings is 1. The minimum atomic E-state index is -0.0581. The highest BCUT2D eigenvalue weighted by atomic mass is 32.1. The summed E-state index contributed by atoms with van der Waals surface area (Å²) in [6, 6.07) is 1.97. The number of hydrogen-bond donors (Lipinski definition) is 1. The molecule has 1 aromatic heterocycles. The minimum Gasteiger partial charge on any atom is -0.385 e. The summed E-state index contributed by atoms with van der Waals surface area (Å²) in [5.74, 6) is -0.0581. The van der Waals surface area contributed by atoms with E-state index in [0.717, 1.165) is 12.0 Å². The molecule has 4 heteroatoms. The van der Waals surface area contributed by atoms with Crippen LogP contribution in [0.5, 0.6) is 0 Å². The van der Waals surface area contributed by atoms with Gasteiger partial charge >= 0.3 is 0 Å². The lowest BCUT2D eigenvalue weighted by molar-refractivity contribution is -0.116. The van der Waals surface area contributed by atoms with Gasteiger partial charge in [0.2, 0.25) is 5.91 Å². The van der Waals surface area contributed by atoms with E-state index < -0.39 is 0 Å². The molecule has 0 aromatic carbocycles. The van der Waals surface area contributed by atoms with Crippen molar-refractivity contribution in [1.82, 2.24) is 5.32 Å². The second-order valence-corrected chi connectivity index (χ2v) is 3.81. The zero-order chi connectivity index (χ0) is 10.9. The molecule has 1 N–H and O–H groups in total. The van der Waals surface area contributed by atoms with Crippen molar-refractivity contribution in [3.8, 4) is 0 Å². The van der Waals surface area contributed by atoms with Crippen LogP contribution in [0.3, 0.4) is 0 Å². The van der Waals surface area contributed by atoms with E-state index >= 15 is 0 Å². The molecule has 0 spiro atoms. The van der Waals surface area contributed by atoms with Crippen molar-refractivity contribution in [3.05, 3.63) is 28.5 Å². The number of ether oxygens (including phenoxy) is 1. The SMILES string of the molecule is COCCCNC(=O)/C=C/c1ccsc1. The van der Waals surface area contributed by atoms with E-state index in [2.05, 4.69) is 5.32 Å². The predicted molar refractivity (Wildman–Crippen MR) is 62.9 cm³/mol. The number of hydrogen-bond acceptors (Lipinski definition) is 3. The largest absolute Gasteiger partial charge is 0.385 e. The van der Waals surface area contributed by atoms with Crippen LogP contribution in [0.1, 0.15) is 12.0 Å². The Bertz CT molecular complexity index is 306. The maximum absolute atomic E-state index is 11.3. The van der Waals surface area contributed by atoms with E-state index in [9.17, 15) is 4.79 Å². The summed E-state index contributed by atoms with van der Waals surface area (Å²) in [5, 5.41) is 6.75. The molecule has 3 nitrogen and oxygen atoms in total. The van der Waals surface area contributed by atoms with Crippen LogP contribution in [-0.2, 0) is 9.53 Å². The topological polar surface area (TPSA) is 38.3 Å². The van der Waals surface area contributed by atoms with Crippen molar-refractivity contribution in [2.45, 2.75) is 6.42 Å². The third-order valence-electron chi connectivity index (χ3n) is 1.79. The van der Waals surface area contributed by atoms with Gasteiger partial charge in [0.25, 0.3) is 0 Å². The van der Waals surface area contributed by atoms with Crippen LogP contribution in [0.15, 0.2) is 22.9 Å². The molecule has 1 rings (SSSR count). The molecular weight excluding hydrogens is 210 g/mol. The molecule has 0 aliphatic heterocycles. The van der Waals surface area contributed by atoms with Crippen molar-refractivity contribution < 1.29 is 9.53 Å². The monoisotopic (exact) mass is 225 g/mol. The molecule has 0 bridgehead atoms. The number of nitrogens with one attached hydrogen (secondary N) is 1.